The Morgan fingerprint density at radius 2 is 1.86 bits per heavy atom. The molecule has 3 rings (SSSR count). The van der Waals surface area contributed by atoms with E-state index in [4.69, 9.17) is 4.74 Å². The van der Waals surface area contributed by atoms with Gasteiger partial charge in [0, 0.05) is 48.4 Å². The van der Waals surface area contributed by atoms with Crippen molar-refractivity contribution in [2.24, 2.45) is 0 Å². The molecule has 5 nitrogen and oxygen atoms in total. The standard InChI is InChI=1S/C21H23FN2O3S/c1-15(25)16-6-7-20(19(22)12-16)28-14-21(26)24-10-8-23(9-11-24)17-4-3-5-18(13-17)27-2/h3-7,12-13H,8-11,14H2,1-2H3. The lowest BCUT2D eigenvalue weighted by Gasteiger charge is -2.36. The molecule has 1 amide bonds. The number of benzene rings is 2. The highest BCUT2D eigenvalue weighted by Gasteiger charge is 2.22. The van der Waals surface area contributed by atoms with E-state index < -0.39 is 5.82 Å². The molecule has 0 aromatic heterocycles. The number of ketones is 1. The normalized spacial score (nSPS) is 14.1. The summed E-state index contributed by atoms with van der Waals surface area (Å²) in [5.74, 6) is 0.333. The van der Waals surface area contributed by atoms with Gasteiger partial charge in [-0.05, 0) is 31.2 Å². The number of hydrogen-bond donors (Lipinski definition) is 0. The van der Waals surface area contributed by atoms with Gasteiger partial charge in [0.2, 0.25) is 5.91 Å². The number of nitrogens with zero attached hydrogens (tertiary/aromatic N) is 2. The molecule has 0 aliphatic carbocycles. The molecule has 2 aromatic carbocycles. The maximum atomic E-state index is 14.1. The number of carbonyl (C=O) groups excluding carboxylic acids is 2. The largest absolute Gasteiger partial charge is 0.497 e. The van der Waals surface area contributed by atoms with Gasteiger partial charge < -0.3 is 14.5 Å². The lowest BCUT2D eigenvalue weighted by molar-refractivity contribution is -0.128. The minimum absolute atomic E-state index is 0.00895. The maximum Gasteiger partial charge on any atom is 0.233 e. The second kappa shape index (κ2) is 9.10. The number of thioether (sulfide) groups is 1. The molecule has 0 spiro atoms. The maximum absolute atomic E-state index is 14.1. The highest BCUT2D eigenvalue weighted by molar-refractivity contribution is 8.00. The topological polar surface area (TPSA) is 49.9 Å². The van der Waals surface area contributed by atoms with Gasteiger partial charge in [-0.2, -0.15) is 0 Å². The third kappa shape index (κ3) is 4.84. The number of amides is 1. The molecule has 0 radical (unpaired) electrons. The smallest absolute Gasteiger partial charge is 0.233 e. The van der Waals surface area contributed by atoms with Crippen molar-refractivity contribution < 1.29 is 18.7 Å². The first kappa shape index (κ1) is 20.2. The second-order valence-electron chi connectivity index (χ2n) is 6.56. The fourth-order valence-corrected chi connectivity index (χ4v) is 3.91. The van der Waals surface area contributed by atoms with E-state index in [9.17, 15) is 14.0 Å². The molecule has 1 aliphatic rings. The van der Waals surface area contributed by atoms with Crippen LogP contribution >= 0.6 is 11.8 Å². The fourth-order valence-electron chi connectivity index (χ4n) is 3.09. The van der Waals surface area contributed by atoms with Crippen LogP contribution in [0, 0.1) is 5.82 Å². The van der Waals surface area contributed by atoms with Gasteiger partial charge in [0.05, 0.1) is 12.9 Å². The van der Waals surface area contributed by atoms with Gasteiger partial charge in [-0.3, -0.25) is 9.59 Å². The van der Waals surface area contributed by atoms with Gasteiger partial charge in [0.25, 0.3) is 0 Å². The highest BCUT2D eigenvalue weighted by atomic mass is 32.2. The van der Waals surface area contributed by atoms with Crippen molar-refractivity contribution in [3.63, 3.8) is 0 Å². The van der Waals surface area contributed by atoms with Crippen molar-refractivity contribution in [3.05, 3.63) is 53.8 Å². The van der Waals surface area contributed by atoms with E-state index in [-0.39, 0.29) is 17.4 Å². The lowest BCUT2D eigenvalue weighted by atomic mass is 10.1. The lowest BCUT2D eigenvalue weighted by Crippen LogP contribution is -2.49. The zero-order valence-corrected chi connectivity index (χ0v) is 16.8. The van der Waals surface area contributed by atoms with Crippen molar-refractivity contribution >= 4 is 29.1 Å². The van der Waals surface area contributed by atoms with Gasteiger partial charge in [-0.15, -0.1) is 11.8 Å². The summed E-state index contributed by atoms with van der Waals surface area (Å²) in [5, 5.41) is 0. The van der Waals surface area contributed by atoms with E-state index in [2.05, 4.69) is 4.90 Å². The van der Waals surface area contributed by atoms with Crippen molar-refractivity contribution in [1.29, 1.82) is 0 Å². The molecule has 148 valence electrons. The monoisotopic (exact) mass is 402 g/mol. The molecular formula is C21H23FN2O3S. The van der Waals surface area contributed by atoms with E-state index in [0.29, 0.717) is 23.5 Å². The van der Waals surface area contributed by atoms with Gasteiger partial charge in [0.1, 0.15) is 11.6 Å². The van der Waals surface area contributed by atoms with Crippen molar-refractivity contribution in [1.82, 2.24) is 4.90 Å². The molecule has 0 atom stereocenters. The van der Waals surface area contributed by atoms with Crippen LogP contribution in [0.5, 0.6) is 5.75 Å². The highest BCUT2D eigenvalue weighted by Crippen LogP contribution is 2.25. The SMILES string of the molecule is COc1cccc(N2CCN(C(=O)CSc3ccc(C(C)=O)cc3F)CC2)c1. The number of rotatable bonds is 6. The second-order valence-corrected chi connectivity index (χ2v) is 7.58. The number of ether oxygens (including phenoxy) is 1. The summed E-state index contributed by atoms with van der Waals surface area (Å²) in [6.07, 6.45) is 0. The van der Waals surface area contributed by atoms with E-state index in [1.54, 1.807) is 19.2 Å². The van der Waals surface area contributed by atoms with E-state index in [1.165, 1.54) is 13.0 Å². The van der Waals surface area contributed by atoms with Crippen molar-refractivity contribution in [2.45, 2.75) is 11.8 Å². The Bertz CT molecular complexity index is 866. The number of hydrogen-bond acceptors (Lipinski definition) is 5. The summed E-state index contributed by atoms with van der Waals surface area (Å²) in [4.78, 5) is 28.2. The molecule has 28 heavy (non-hydrogen) atoms. The molecule has 0 saturated carbocycles. The molecular weight excluding hydrogens is 379 g/mol. The van der Waals surface area contributed by atoms with Crippen LogP contribution in [-0.4, -0.2) is 55.6 Å². The first-order chi connectivity index (χ1) is 13.5. The first-order valence-corrected chi connectivity index (χ1v) is 10.1. The van der Waals surface area contributed by atoms with Crippen molar-refractivity contribution in [3.8, 4) is 5.75 Å². The number of carbonyl (C=O) groups is 2. The van der Waals surface area contributed by atoms with Gasteiger partial charge >= 0.3 is 0 Å². The van der Waals surface area contributed by atoms with E-state index in [0.717, 1.165) is 36.3 Å². The van der Waals surface area contributed by atoms with Crippen LogP contribution in [0.15, 0.2) is 47.4 Å². The minimum Gasteiger partial charge on any atom is -0.497 e. The predicted octanol–water partition coefficient (Wildman–Crippen LogP) is 3.48. The van der Waals surface area contributed by atoms with Crippen LogP contribution in [0.4, 0.5) is 10.1 Å². The number of piperazine rings is 1. The van der Waals surface area contributed by atoms with Crippen LogP contribution in [0.2, 0.25) is 0 Å². The molecule has 1 heterocycles. The fraction of sp³-hybridized carbons (Fsp3) is 0.333. The van der Waals surface area contributed by atoms with E-state index in [1.807, 2.05) is 29.2 Å². The van der Waals surface area contributed by atoms with Gasteiger partial charge in [0.15, 0.2) is 5.78 Å². The minimum atomic E-state index is -0.464. The summed E-state index contributed by atoms with van der Waals surface area (Å²) in [7, 11) is 1.64. The number of Topliss-reactive ketones (excluding diaryl/α,β-unsaturated/α-hetero) is 1. The van der Waals surface area contributed by atoms with Crippen LogP contribution in [0.3, 0.4) is 0 Å². The number of halogens is 1. The van der Waals surface area contributed by atoms with Crippen LogP contribution in [0.1, 0.15) is 17.3 Å². The van der Waals surface area contributed by atoms with Crippen LogP contribution < -0.4 is 9.64 Å². The zero-order valence-electron chi connectivity index (χ0n) is 16.0. The summed E-state index contributed by atoms with van der Waals surface area (Å²) in [6.45, 7) is 4.14. The third-order valence-corrected chi connectivity index (χ3v) is 5.77. The Labute approximate surface area is 168 Å². The quantitative estimate of drug-likeness (QED) is 0.547. The summed E-state index contributed by atoms with van der Waals surface area (Å²) in [5.41, 5.74) is 1.41. The van der Waals surface area contributed by atoms with Gasteiger partial charge in [-0.25, -0.2) is 4.39 Å². The Morgan fingerprint density at radius 1 is 1.11 bits per heavy atom. The molecule has 0 N–H and O–H groups in total. The molecule has 0 bridgehead atoms. The number of methoxy groups -OCH3 is 1. The molecule has 2 aromatic rings. The third-order valence-electron chi connectivity index (χ3n) is 4.74. The summed E-state index contributed by atoms with van der Waals surface area (Å²) >= 11 is 1.16. The Morgan fingerprint density at radius 3 is 2.50 bits per heavy atom. The van der Waals surface area contributed by atoms with Crippen LogP contribution in [0.25, 0.3) is 0 Å². The number of anilines is 1. The molecule has 0 unspecified atom stereocenters. The molecule has 7 heteroatoms. The summed E-state index contributed by atoms with van der Waals surface area (Å²) < 4.78 is 19.4. The molecule has 1 fully saturated rings. The Hall–Kier alpha value is -2.54. The van der Waals surface area contributed by atoms with Crippen LogP contribution in [-0.2, 0) is 4.79 Å². The van der Waals surface area contributed by atoms with Crippen molar-refractivity contribution in [2.75, 3.05) is 43.9 Å². The Kier molecular flexibility index (Phi) is 6.57. The van der Waals surface area contributed by atoms with E-state index >= 15 is 0 Å². The predicted molar refractivity (Wildman–Crippen MR) is 109 cm³/mol. The van der Waals surface area contributed by atoms with Gasteiger partial charge in [-0.1, -0.05) is 12.1 Å². The average molecular weight is 402 g/mol. The molecule has 1 saturated heterocycles. The molecule has 1 aliphatic heterocycles. The Balaban J connectivity index is 1.52. The summed E-state index contributed by atoms with van der Waals surface area (Å²) in [6, 6.07) is 12.2. The zero-order chi connectivity index (χ0) is 20.1. The first-order valence-electron chi connectivity index (χ1n) is 9.08. The average Bonchev–Trinajstić information content (AvgIpc) is 2.72.